The van der Waals surface area contributed by atoms with Crippen molar-refractivity contribution in [1.82, 2.24) is 10.3 Å². The zero-order valence-corrected chi connectivity index (χ0v) is 9.86. The van der Waals surface area contributed by atoms with E-state index in [2.05, 4.69) is 17.2 Å². The van der Waals surface area contributed by atoms with Crippen LogP contribution in [-0.2, 0) is 0 Å². The summed E-state index contributed by atoms with van der Waals surface area (Å²) in [6.45, 7) is 5.28. The van der Waals surface area contributed by atoms with Crippen molar-refractivity contribution in [2.75, 3.05) is 13.6 Å². The van der Waals surface area contributed by atoms with E-state index in [4.69, 9.17) is 0 Å². The number of hydrogen-bond donors (Lipinski definition) is 1. The number of carbonyl (C=O) groups is 1. The van der Waals surface area contributed by atoms with Crippen LogP contribution < -0.4 is 5.32 Å². The van der Waals surface area contributed by atoms with Crippen LogP contribution in [0.4, 0.5) is 0 Å². The van der Waals surface area contributed by atoms with Crippen LogP contribution >= 0.6 is 11.3 Å². The second kappa shape index (κ2) is 8.84. The maximum absolute atomic E-state index is 9.97. The van der Waals surface area contributed by atoms with Gasteiger partial charge >= 0.3 is 0 Å². The van der Waals surface area contributed by atoms with Gasteiger partial charge in [0.05, 0.1) is 0 Å². The third-order valence-corrected chi connectivity index (χ3v) is 2.36. The normalized spacial score (nSPS) is 9.07. The fourth-order valence-corrected chi connectivity index (χ4v) is 1.37. The smallest absolute Gasteiger partial charge is 0.178 e. The van der Waals surface area contributed by atoms with Crippen molar-refractivity contribution in [1.29, 1.82) is 0 Å². The Balaban J connectivity index is 0.000000255. The van der Waals surface area contributed by atoms with E-state index < -0.39 is 0 Å². The van der Waals surface area contributed by atoms with E-state index in [0.29, 0.717) is 5.01 Å². The zero-order valence-electron chi connectivity index (χ0n) is 9.04. The van der Waals surface area contributed by atoms with Gasteiger partial charge in [0.1, 0.15) is 0 Å². The lowest BCUT2D eigenvalue weighted by molar-refractivity contribution is 0.112. The monoisotopic (exact) mass is 214 g/mol. The number of aromatic nitrogens is 1. The highest BCUT2D eigenvalue weighted by molar-refractivity contribution is 7.13. The molecule has 0 aromatic carbocycles. The van der Waals surface area contributed by atoms with Crippen LogP contribution in [-0.4, -0.2) is 24.9 Å². The molecule has 1 rings (SSSR count). The first kappa shape index (κ1) is 13.3. The molecule has 0 aliphatic carbocycles. The van der Waals surface area contributed by atoms with Gasteiger partial charge in [0.25, 0.3) is 0 Å². The summed E-state index contributed by atoms with van der Waals surface area (Å²) in [5, 5.41) is 3.63. The Morgan fingerprint density at radius 3 is 2.57 bits per heavy atom. The van der Waals surface area contributed by atoms with Gasteiger partial charge in [0, 0.05) is 11.1 Å². The molecule has 1 heterocycles. The molecule has 0 aliphatic heterocycles. The molecule has 80 valence electrons. The number of aryl methyl sites for hydroxylation is 1. The fourth-order valence-electron chi connectivity index (χ4n) is 0.780. The Morgan fingerprint density at radius 1 is 1.64 bits per heavy atom. The van der Waals surface area contributed by atoms with Crippen LogP contribution in [0.2, 0.25) is 0 Å². The molecular formula is C10H18N2OS. The number of nitrogens with zero attached hydrogens (tertiary/aromatic N) is 1. The summed E-state index contributed by atoms with van der Waals surface area (Å²) in [5.41, 5.74) is 0. The molecular weight excluding hydrogens is 196 g/mol. The standard InChI is InChI=1S/C5H5NOS.C5H13N/c1-4-2-6-5(3-7)8-4;1-3-4-5-6-2/h2-3H,1H3;6H,3-5H2,1-2H3. The molecule has 0 saturated carbocycles. The molecule has 0 aliphatic rings. The number of thiazole rings is 1. The maximum Gasteiger partial charge on any atom is 0.178 e. The summed E-state index contributed by atoms with van der Waals surface area (Å²) >= 11 is 1.41. The highest BCUT2D eigenvalue weighted by atomic mass is 32.1. The van der Waals surface area contributed by atoms with Crippen LogP contribution in [0.3, 0.4) is 0 Å². The molecule has 0 radical (unpaired) electrons. The van der Waals surface area contributed by atoms with Crippen LogP contribution in [0, 0.1) is 6.92 Å². The molecule has 0 fully saturated rings. The average Bonchev–Trinajstić information content (AvgIpc) is 2.62. The highest BCUT2D eigenvalue weighted by Crippen LogP contribution is 2.07. The van der Waals surface area contributed by atoms with Gasteiger partial charge in [-0.15, -0.1) is 11.3 Å². The predicted octanol–water partition coefficient (Wildman–Crippen LogP) is 2.27. The molecule has 1 aromatic rings. The van der Waals surface area contributed by atoms with Crippen molar-refractivity contribution in [2.24, 2.45) is 0 Å². The summed E-state index contributed by atoms with van der Waals surface area (Å²) in [6.07, 6.45) is 5.05. The van der Waals surface area contributed by atoms with Crippen LogP contribution in [0.15, 0.2) is 6.20 Å². The van der Waals surface area contributed by atoms with E-state index in [-0.39, 0.29) is 0 Å². The Morgan fingerprint density at radius 2 is 2.36 bits per heavy atom. The van der Waals surface area contributed by atoms with Crippen LogP contribution in [0.5, 0.6) is 0 Å². The van der Waals surface area contributed by atoms with E-state index in [1.54, 1.807) is 6.20 Å². The van der Waals surface area contributed by atoms with Crippen molar-refractivity contribution in [3.63, 3.8) is 0 Å². The molecule has 0 unspecified atom stereocenters. The second-order valence-corrected chi connectivity index (χ2v) is 4.15. The van der Waals surface area contributed by atoms with Crippen LogP contribution in [0.25, 0.3) is 0 Å². The lowest BCUT2D eigenvalue weighted by Crippen LogP contribution is -2.06. The third kappa shape index (κ3) is 6.74. The zero-order chi connectivity index (χ0) is 10.8. The van der Waals surface area contributed by atoms with E-state index in [9.17, 15) is 4.79 Å². The number of aldehydes is 1. The van der Waals surface area contributed by atoms with E-state index >= 15 is 0 Å². The minimum absolute atomic E-state index is 0.558. The summed E-state index contributed by atoms with van der Waals surface area (Å²) < 4.78 is 0. The quantitative estimate of drug-likeness (QED) is 0.617. The third-order valence-electron chi connectivity index (χ3n) is 1.52. The molecule has 0 atom stereocenters. The lowest BCUT2D eigenvalue weighted by Gasteiger charge is -1.89. The van der Waals surface area contributed by atoms with Gasteiger partial charge in [-0.3, -0.25) is 4.79 Å². The molecule has 14 heavy (non-hydrogen) atoms. The predicted molar refractivity (Wildman–Crippen MR) is 61.1 cm³/mol. The maximum atomic E-state index is 9.97. The highest BCUT2D eigenvalue weighted by Gasteiger charge is 1.91. The van der Waals surface area contributed by atoms with E-state index in [0.717, 1.165) is 17.7 Å². The fraction of sp³-hybridized carbons (Fsp3) is 0.600. The Labute approximate surface area is 89.6 Å². The number of nitrogens with one attached hydrogen (secondary N) is 1. The first-order valence-electron chi connectivity index (χ1n) is 4.76. The largest absolute Gasteiger partial charge is 0.320 e. The second-order valence-electron chi connectivity index (χ2n) is 2.88. The summed E-state index contributed by atoms with van der Waals surface area (Å²) in [6, 6.07) is 0. The summed E-state index contributed by atoms with van der Waals surface area (Å²) in [5.74, 6) is 0. The molecule has 1 N–H and O–H groups in total. The topological polar surface area (TPSA) is 42.0 Å². The van der Waals surface area contributed by atoms with Gasteiger partial charge in [-0.05, 0) is 26.9 Å². The first-order chi connectivity index (χ1) is 6.74. The van der Waals surface area contributed by atoms with Crippen molar-refractivity contribution < 1.29 is 4.79 Å². The lowest BCUT2D eigenvalue weighted by atomic mass is 10.3. The SMILES string of the molecule is CCCCNC.Cc1cnc(C=O)s1. The van der Waals surface area contributed by atoms with Crippen molar-refractivity contribution in [3.05, 3.63) is 16.1 Å². The number of carbonyl (C=O) groups excluding carboxylic acids is 1. The average molecular weight is 214 g/mol. The molecule has 4 heteroatoms. The molecule has 1 aromatic heterocycles. The minimum atomic E-state index is 0.558. The Hall–Kier alpha value is -0.740. The Kier molecular flexibility index (Phi) is 8.37. The first-order valence-corrected chi connectivity index (χ1v) is 5.58. The minimum Gasteiger partial charge on any atom is -0.320 e. The van der Waals surface area contributed by atoms with E-state index in [1.807, 2.05) is 14.0 Å². The van der Waals surface area contributed by atoms with Crippen molar-refractivity contribution in [2.45, 2.75) is 26.7 Å². The number of hydrogen-bond acceptors (Lipinski definition) is 4. The number of unbranched alkanes of at least 4 members (excludes halogenated alkanes) is 1. The molecule has 0 spiro atoms. The van der Waals surface area contributed by atoms with Gasteiger partial charge in [0.15, 0.2) is 11.3 Å². The van der Waals surface area contributed by atoms with Gasteiger partial charge < -0.3 is 5.32 Å². The van der Waals surface area contributed by atoms with Crippen molar-refractivity contribution in [3.8, 4) is 0 Å². The molecule has 0 saturated heterocycles. The summed E-state index contributed by atoms with van der Waals surface area (Å²) in [4.78, 5) is 14.8. The van der Waals surface area contributed by atoms with Gasteiger partial charge in [0.2, 0.25) is 0 Å². The Bertz CT molecular complexity index is 244. The summed E-state index contributed by atoms with van der Waals surface area (Å²) in [7, 11) is 1.98. The van der Waals surface area contributed by atoms with Gasteiger partial charge in [-0.1, -0.05) is 13.3 Å². The van der Waals surface area contributed by atoms with E-state index in [1.165, 1.54) is 24.2 Å². The van der Waals surface area contributed by atoms with Crippen LogP contribution in [0.1, 0.15) is 34.4 Å². The van der Waals surface area contributed by atoms with Gasteiger partial charge in [-0.2, -0.15) is 0 Å². The van der Waals surface area contributed by atoms with Gasteiger partial charge in [-0.25, -0.2) is 4.98 Å². The number of rotatable bonds is 4. The molecule has 0 bridgehead atoms. The van der Waals surface area contributed by atoms with Crippen molar-refractivity contribution >= 4 is 17.6 Å². The molecule has 0 amide bonds. The molecule has 3 nitrogen and oxygen atoms in total.